The number of rotatable bonds is 11. The Morgan fingerprint density at radius 3 is 2.39 bits per heavy atom. The number of hydrogen-bond donors (Lipinski definition) is 0. The summed E-state index contributed by atoms with van der Waals surface area (Å²) >= 11 is 12.2. The number of hydrogen-bond acceptors (Lipinski definition) is 4. The Labute approximate surface area is 234 Å². The topological polar surface area (TPSA) is 64.0 Å². The van der Waals surface area contributed by atoms with E-state index in [1.165, 1.54) is 11.0 Å². The smallest absolute Gasteiger partial charge is 0.254 e. The van der Waals surface area contributed by atoms with Crippen LogP contribution in [0.5, 0.6) is 5.75 Å². The molecular formula is C29H35Cl2N3O4. The highest BCUT2D eigenvalue weighted by atomic mass is 35.5. The first-order valence-corrected chi connectivity index (χ1v) is 13.1. The Bertz CT molecular complexity index is 1250. The summed E-state index contributed by atoms with van der Waals surface area (Å²) < 4.78 is 12.7. The first kappa shape index (κ1) is 29.6. The zero-order valence-electron chi connectivity index (χ0n) is 22.5. The Morgan fingerprint density at radius 2 is 1.74 bits per heavy atom. The van der Waals surface area contributed by atoms with Gasteiger partial charge in [-0.05, 0) is 68.8 Å². The van der Waals surface area contributed by atoms with E-state index in [-0.39, 0.29) is 29.9 Å². The van der Waals surface area contributed by atoms with E-state index in [9.17, 15) is 9.59 Å². The molecule has 0 aliphatic heterocycles. The number of aromatic nitrogens is 1. The minimum absolute atomic E-state index is 0.101. The third-order valence-corrected chi connectivity index (χ3v) is 6.93. The predicted octanol–water partition coefficient (Wildman–Crippen LogP) is 5.77. The van der Waals surface area contributed by atoms with E-state index in [1.807, 2.05) is 63.4 Å². The summed E-state index contributed by atoms with van der Waals surface area (Å²) in [6.45, 7) is 7.43. The summed E-state index contributed by atoms with van der Waals surface area (Å²) in [5.74, 6) is 0.311. The van der Waals surface area contributed by atoms with Crippen molar-refractivity contribution < 1.29 is 19.1 Å². The molecule has 3 rings (SSSR count). The lowest BCUT2D eigenvalue weighted by Crippen LogP contribution is -2.50. The van der Waals surface area contributed by atoms with Gasteiger partial charge in [0.1, 0.15) is 12.3 Å². The molecule has 0 radical (unpaired) electrons. The van der Waals surface area contributed by atoms with Crippen molar-refractivity contribution in [2.45, 2.75) is 39.4 Å². The molecule has 9 heteroatoms. The van der Waals surface area contributed by atoms with Gasteiger partial charge in [0.15, 0.2) is 0 Å². The normalized spacial score (nSPS) is 11.3. The van der Waals surface area contributed by atoms with Crippen molar-refractivity contribution in [3.05, 3.63) is 87.7 Å². The van der Waals surface area contributed by atoms with Crippen molar-refractivity contribution in [2.24, 2.45) is 0 Å². The van der Waals surface area contributed by atoms with Crippen molar-refractivity contribution in [1.29, 1.82) is 0 Å². The molecule has 0 bridgehead atoms. The molecule has 0 N–H and O–H groups in total. The lowest BCUT2D eigenvalue weighted by Gasteiger charge is -2.37. The summed E-state index contributed by atoms with van der Waals surface area (Å²) in [6, 6.07) is 16.6. The molecule has 0 fully saturated rings. The van der Waals surface area contributed by atoms with E-state index >= 15 is 0 Å². The summed E-state index contributed by atoms with van der Waals surface area (Å²) in [4.78, 5) is 30.3. The van der Waals surface area contributed by atoms with Crippen LogP contribution in [0.2, 0.25) is 10.0 Å². The molecule has 2 aromatic carbocycles. The highest BCUT2D eigenvalue weighted by Crippen LogP contribution is 2.24. The van der Waals surface area contributed by atoms with Gasteiger partial charge in [-0.15, -0.1) is 0 Å². The predicted molar refractivity (Wildman–Crippen MR) is 151 cm³/mol. The van der Waals surface area contributed by atoms with E-state index in [0.29, 0.717) is 30.3 Å². The molecule has 204 valence electrons. The standard InChI is InChI=1S/C29H35Cl2N3O4/c1-29(2,3)34(19-23-9-7-13-32(23)18-21-8-6-10-24(16-21)38-5)27(35)20-33(14-15-37-4)28(36)22-11-12-25(30)26(31)17-22/h6-13,16-17H,14-15,18-20H2,1-5H3. The SMILES string of the molecule is COCCN(CC(=O)N(Cc1cccn1Cc1cccc(OC)c1)C(C)(C)C)C(=O)c1ccc(Cl)c(Cl)c1. The van der Waals surface area contributed by atoms with E-state index in [0.717, 1.165) is 17.0 Å². The van der Waals surface area contributed by atoms with Gasteiger partial charge in [-0.25, -0.2) is 0 Å². The molecule has 0 atom stereocenters. The lowest BCUT2D eigenvalue weighted by atomic mass is 10.0. The van der Waals surface area contributed by atoms with Crippen LogP contribution in [0, 0.1) is 0 Å². The van der Waals surface area contributed by atoms with Crippen LogP contribution in [0.15, 0.2) is 60.8 Å². The summed E-state index contributed by atoms with van der Waals surface area (Å²) in [6.07, 6.45) is 2.00. The maximum atomic E-state index is 13.7. The minimum atomic E-state index is -0.484. The molecule has 0 saturated carbocycles. The Balaban J connectivity index is 1.82. The first-order chi connectivity index (χ1) is 18.0. The van der Waals surface area contributed by atoms with Gasteiger partial charge in [0, 0.05) is 43.2 Å². The molecule has 0 aliphatic rings. The molecule has 2 amide bonds. The molecule has 1 heterocycles. The van der Waals surface area contributed by atoms with E-state index in [4.69, 9.17) is 32.7 Å². The fourth-order valence-corrected chi connectivity index (χ4v) is 4.39. The summed E-state index contributed by atoms with van der Waals surface area (Å²) in [7, 11) is 3.21. The van der Waals surface area contributed by atoms with Crippen molar-refractivity contribution in [2.75, 3.05) is 33.9 Å². The summed E-state index contributed by atoms with van der Waals surface area (Å²) in [5, 5.41) is 0.641. The number of methoxy groups -OCH3 is 2. The van der Waals surface area contributed by atoms with Crippen LogP contribution in [0.4, 0.5) is 0 Å². The molecule has 0 unspecified atom stereocenters. The van der Waals surface area contributed by atoms with Gasteiger partial charge in [0.05, 0.1) is 30.3 Å². The highest BCUT2D eigenvalue weighted by Gasteiger charge is 2.30. The number of halogens is 2. The molecule has 0 spiro atoms. The van der Waals surface area contributed by atoms with Crippen molar-refractivity contribution >= 4 is 35.0 Å². The van der Waals surface area contributed by atoms with Crippen LogP contribution >= 0.6 is 23.2 Å². The van der Waals surface area contributed by atoms with Gasteiger partial charge < -0.3 is 23.8 Å². The molecule has 1 aromatic heterocycles. The molecule has 38 heavy (non-hydrogen) atoms. The number of ether oxygens (including phenoxy) is 2. The fourth-order valence-electron chi connectivity index (χ4n) is 4.09. The average molecular weight is 561 g/mol. The van der Waals surface area contributed by atoms with Crippen LogP contribution < -0.4 is 4.74 Å². The second-order valence-electron chi connectivity index (χ2n) is 9.98. The van der Waals surface area contributed by atoms with E-state index in [2.05, 4.69) is 4.57 Å². The third-order valence-electron chi connectivity index (χ3n) is 6.19. The average Bonchev–Trinajstić information content (AvgIpc) is 3.32. The van der Waals surface area contributed by atoms with Crippen LogP contribution in [0.3, 0.4) is 0 Å². The summed E-state index contributed by atoms with van der Waals surface area (Å²) in [5.41, 5.74) is 1.95. The molecule has 3 aromatic rings. The van der Waals surface area contributed by atoms with Gasteiger partial charge in [0.2, 0.25) is 5.91 Å². The Kier molecular flexibility index (Phi) is 10.3. The van der Waals surface area contributed by atoms with Crippen molar-refractivity contribution in [3.63, 3.8) is 0 Å². The maximum Gasteiger partial charge on any atom is 0.254 e. The largest absolute Gasteiger partial charge is 0.497 e. The van der Waals surface area contributed by atoms with E-state index < -0.39 is 5.54 Å². The maximum absolute atomic E-state index is 13.7. The Hall–Kier alpha value is -3.00. The second kappa shape index (κ2) is 13.2. The van der Waals surface area contributed by atoms with Crippen molar-refractivity contribution in [1.82, 2.24) is 14.4 Å². The van der Waals surface area contributed by atoms with Gasteiger partial charge in [-0.2, -0.15) is 0 Å². The number of carbonyl (C=O) groups is 2. The van der Waals surface area contributed by atoms with Gasteiger partial charge in [0.25, 0.3) is 5.91 Å². The number of benzene rings is 2. The fraction of sp³-hybridized carbons (Fsp3) is 0.379. The molecule has 0 aliphatic carbocycles. The molecular weight excluding hydrogens is 525 g/mol. The number of carbonyl (C=O) groups excluding carboxylic acids is 2. The first-order valence-electron chi connectivity index (χ1n) is 12.3. The van der Waals surface area contributed by atoms with Crippen molar-refractivity contribution in [3.8, 4) is 5.75 Å². The minimum Gasteiger partial charge on any atom is -0.497 e. The van der Waals surface area contributed by atoms with Crippen LogP contribution in [-0.2, 0) is 22.6 Å². The van der Waals surface area contributed by atoms with E-state index in [1.54, 1.807) is 31.3 Å². The highest BCUT2D eigenvalue weighted by molar-refractivity contribution is 6.42. The van der Waals surface area contributed by atoms with Crippen LogP contribution in [-0.4, -0.2) is 65.6 Å². The monoisotopic (exact) mass is 559 g/mol. The van der Waals surface area contributed by atoms with Gasteiger partial charge in [-0.1, -0.05) is 35.3 Å². The zero-order valence-corrected chi connectivity index (χ0v) is 24.1. The molecule has 7 nitrogen and oxygen atoms in total. The van der Waals surface area contributed by atoms with Crippen LogP contribution in [0.25, 0.3) is 0 Å². The Morgan fingerprint density at radius 1 is 0.974 bits per heavy atom. The van der Waals surface area contributed by atoms with Gasteiger partial charge in [-0.3, -0.25) is 9.59 Å². The van der Waals surface area contributed by atoms with Gasteiger partial charge >= 0.3 is 0 Å². The molecule has 0 saturated heterocycles. The quantitative estimate of drug-likeness (QED) is 0.299. The number of amides is 2. The lowest BCUT2D eigenvalue weighted by molar-refractivity contribution is -0.137. The van der Waals surface area contributed by atoms with Crippen LogP contribution in [0.1, 0.15) is 42.4 Å². The zero-order chi connectivity index (χ0) is 27.9. The second-order valence-corrected chi connectivity index (χ2v) is 10.8. The third kappa shape index (κ3) is 7.76. The number of nitrogens with zero attached hydrogens (tertiary/aromatic N) is 3.